The number of nitrogens with zero attached hydrogens (tertiary/aromatic N) is 1. The van der Waals surface area contributed by atoms with Crippen LogP contribution >= 0.6 is 0 Å². The van der Waals surface area contributed by atoms with Crippen molar-refractivity contribution >= 4 is 11.9 Å². The lowest BCUT2D eigenvalue weighted by Crippen LogP contribution is -2.44. The van der Waals surface area contributed by atoms with Crippen LogP contribution in [0, 0.1) is 6.92 Å². The van der Waals surface area contributed by atoms with Crippen molar-refractivity contribution in [3.05, 3.63) is 54.0 Å². The van der Waals surface area contributed by atoms with Gasteiger partial charge in [0.2, 0.25) is 5.91 Å². The van der Waals surface area contributed by atoms with E-state index in [4.69, 9.17) is 9.15 Å². The highest BCUT2D eigenvalue weighted by Crippen LogP contribution is 2.10. The number of nitrogens with one attached hydrogen (secondary N) is 3. The van der Waals surface area contributed by atoms with Crippen molar-refractivity contribution in [2.45, 2.75) is 13.5 Å². The minimum absolute atomic E-state index is 0.124. The zero-order valence-corrected chi connectivity index (χ0v) is 14.5. The molecule has 0 spiro atoms. The average molecular weight is 344 g/mol. The molecular weight excluding hydrogens is 320 g/mol. The molecule has 134 valence electrons. The zero-order chi connectivity index (χ0) is 17.9. The quantitative estimate of drug-likeness (QED) is 0.383. The monoisotopic (exact) mass is 344 g/mol. The fourth-order valence-corrected chi connectivity index (χ4v) is 2.02. The van der Waals surface area contributed by atoms with Crippen molar-refractivity contribution in [3.63, 3.8) is 0 Å². The molecule has 1 aromatic carbocycles. The minimum atomic E-state index is -0.143. The van der Waals surface area contributed by atoms with Gasteiger partial charge in [0.1, 0.15) is 18.1 Å². The predicted molar refractivity (Wildman–Crippen MR) is 96.6 cm³/mol. The summed E-state index contributed by atoms with van der Waals surface area (Å²) in [4.78, 5) is 15.8. The smallest absolute Gasteiger partial charge is 0.239 e. The summed E-state index contributed by atoms with van der Waals surface area (Å²) < 4.78 is 10.8. The van der Waals surface area contributed by atoms with Gasteiger partial charge < -0.3 is 25.1 Å². The first-order chi connectivity index (χ1) is 12.2. The first-order valence-electron chi connectivity index (χ1n) is 8.10. The highest BCUT2D eigenvalue weighted by Gasteiger charge is 2.04. The summed E-state index contributed by atoms with van der Waals surface area (Å²) in [5.74, 6) is 1.94. The summed E-state index contributed by atoms with van der Waals surface area (Å²) >= 11 is 0. The van der Waals surface area contributed by atoms with E-state index in [1.807, 2.05) is 37.3 Å². The lowest BCUT2D eigenvalue weighted by molar-refractivity contribution is -0.120. The van der Waals surface area contributed by atoms with E-state index in [-0.39, 0.29) is 12.5 Å². The molecule has 1 amide bonds. The van der Waals surface area contributed by atoms with E-state index in [1.165, 1.54) is 5.56 Å². The number of hydrogen-bond donors (Lipinski definition) is 3. The van der Waals surface area contributed by atoms with Crippen LogP contribution in [0.1, 0.15) is 11.3 Å². The van der Waals surface area contributed by atoms with Crippen LogP contribution in [0.15, 0.2) is 52.1 Å². The van der Waals surface area contributed by atoms with Crippen LogP contribution in [0.2, 0.25) is 0 Å². The fourth-order valence-electron chi connectivity index (χ4n) is 2.02. The van der Waals surface area contributed by atoms with Gasteiger partial charge in [-0.05, 0) is 31.2 Å². The highest BCUT2D eigenvalue weighted by atomic mass is 16.5. The molecule has 3 N–H and O–H groups in total. The van der Waals surface area contributed by atoms with Gasteiger partial charge in [-0.2, -0.15) is 0 Å². The number of carbonyl (C=O) groups is 1. The van der Waals surface area contributed by atoms with E-state index >= 15 is 0 Å². The first kappa shape index (κ1) is 18.4. The molecule has 0 unspecified atom stereocenters. The molecule has 0 saturated heterocycles. The van der Waals surface area contributed by atoms with Gasteiger partial charge in [0.25, 0.3) is 0 Å². The molecular formula is C18H24N4O3. The van der Waals surface area contributed by atoms with Crippen molar-refractivity contribution in [2.24, 2.45) is 4.99 Å². The van der Waals surface area contributed by atoms with Gasteiger partial charge in [0.15, 0.2) is 5.96 Å². The molecule has 0 bridgehead atoms. The Morgan fingerprint density at radius 2 is 1.96 bits per heavy atom. The predicted octanol–water partition coefficient (Wildman–Crippen LogP) is 1.45. The second kappa shape index (κ2) is 10.0. The van der Waals surface area contributed by atoms with E-state index in [2.05, 4.69) is 20.9 Å². The maximum Gasteiger partial charge on any atom is 0.239 e. The summed E-state index contributed by atoms with van der Waals surface area (Å²) in [5, 5.41) is 8.79. The molecule has 0 atom stereocenters. The van der Waals surface area contributed by atoms with E-state index in [0.29, 0.717) is 31.4 Å². The molecule has 0 aliphatic rings. The van der Waals surface area contributed by atoms with Crippen LogP contribution in [0.3, 0.4) is 0 Å². The summed E-state index contributed by atoms with van der Waals surface area (Å²) in [6, 6.07) is 11.5. The van der Waals surface area contributed by atoms with Crippen molar-refractivity contribution in [3.8, 4) is 5.75 Å². The van der Waals surface area contributed by atoms with Crippen molar-refractivity contribution in [1.29, 1.82) is 0 Å². The Hall–Kier alpha value is -2.96. The second-order valence-corrected chi connectivity index (χ2v) is 5.37. The number of rotatable bonds is 8. The number of aryl methyl sites for hydroxylation is 1. The zero-order valence-electron chi connectivity index (χ0n) is 14.5. The number of hydrogen-bond acceptors (Lipinski definition) is 4. The average Bonchev–Trinajstić information content (AvgIpc) is 3.14. The van der Waals surface area contributed by atoms with Crippen molar-refractivity contribution < 1.29 is 13.9 Å². The van der Waals surface area contributed by atoms with Crippen LogP contribution in [0.5, 0.6) is 5.75 Å². The molecule has 0 aliphatic carbocycles. The third-order valence-corrected chi connectivity index (χ3v) is 3.36. The molecule has 0 aliphatic heterocycles. The number of ether oxygens (including phenoxy) is 1. The summed E-state index contributed by atoms with van der Waals surface area (Å²) in [7, 11) is 1.65. The molecule has 7 nitrogen and oxygen atoms in total. The van der Waals surface area contributed by atoms with Gasteiger partial charge in [-0.1, -0.05) is 17.7 Å². The molecule has 1 heterocycles. The van der Waals surface area contributed by atoms with Crippen LogP contribution in [-0.4, -0.2) is 38.6 Å². The molecule has 25 heavy (non-hydrogen) atoms. The number of guanidine groups is 1. The third kappa shape index (κ3) is 6.99. The molecule has 2 rings (SSSR count). The van der Waals surface area contributed by atoms with Crippen LogP contribution in [-0.2, 0) is 11.3 Å². The third-order valence-electron chi connectivity index (χ3n) is 3.36. The second-order valence-electron chi connectivity index (χ2n) is 5.37. The standard InChI is InChI=1S/C18H24N4O3/c1-14-5-7-15(8-6-14)25-11-9-20-18(19-2)22-13-17(23)21-12-16-4-3-10-24-16/h3-8,10H,9,11-13H2,1-2H3,(H,21,23)(H2,19,20,22). The number of furan rings is 1. The lowest BCUT2D eigenvalue weighted by Gasteiger charge is -2.12. The van der Waals surface area contributed by atoms with E-state index in [0.717, 1.165) is 5.75 Å². The van der Waals surface area contributed by atoms with Gasteiger partial charge in [-0.3, -0.25) is 9.79 Å². The summed E-state index contributed by atoms with van der Waals surface area (Å²) in [6.45, 7) is 3.59. The van der Waals surface area contributed by atoms with Gasteiger partial charge in [0.05, 0.1) is 25.9 Å². The van der Waals surface area contributed by atoms with Crippen molar-refractivity contribution in [1.82, 2.24) is 16.0 Å². The number of carbonyl (C=O) groups excluding carboxylic acids is 1. The van der Waals surface area contributed by atoms with Crippen molar-refractivity contribution in [2.75, 3.05) is 26.7 Å². The Morgan fingerprint density at radius 1 is 1.16 bits per heavy atom. The van der Waals surface area contributed by atoms with E-state index in [9.17, 15) is 4.79 Å². The maximum atomic E-state index is 11.8. The van der Waals surface area contributed by atoms with Crippen LogP contribution < -0.4 is 20.7 Å². The minimum Gasteiger partial charge on any atom is -0.492 e. The van der Waals surface area contributed by atoms with Crippen LogP contribution in [0.4, 0.5) is 0 Å². The Morgan fingerprint density at radius 3 is 2.64 bits per heavy atom. The maximum absolute atomic E-state index is 11.8. The Labute approximate surface area is 147 Å². The molecule has 1 aromatic heterocycles. The lowest BCUT2D eigenvalue weighted by atomic mass is 10.2. The molecule has 7 heteroatoms. The molecule has 0 radical (unpaired) electrons. The Kier molecular flexibility index (Phi) is 7.37. The summed E-state index contributed by atoms with van der Waals surface area (Å²) in [6.07, 6.45) is 1.57. The van der Waals surface area contributed by atoms with E-state index in [1.54, 1.807) is 19.4 Å². The molecule has 2 aromatic rings. The number of aliphatic imine (C=N–C) groups is 1. The fraction of sp³-hybridized carbons (Fsp3) is 0.333. The van der Waals surface area contributed by atoms with E-state index < -0.39 is 0 Å². The summed E-state index contributed by atoms with van der Waals surface area (Å²) in [5.41, 5.74) is 1.19. The van der Waals surface area contributed by atoms with Gasteiger partial charge in [-0.15, -0.1) is 0 Å². The first-order valence-corrected chi connectivity index (χ1v) is 8.10. The number of benzene rings is 1. The van der Waals surface area contributed by atoms with Crippen LogP contribution in [0.25, 0.3) is 0 Å². The normalized spacial score (nSPS) is 11.0. The molecule has 0 fully saturated rings. The number of amides is 1. The topological polar surface area (TPSA) is 87.9 Å². The Balaban J connectivity index is 1.59. The van der Waals surface area contributed by atoms with Gasteiger partial charge in [-0.25, -0.2) is 0 Å². The SMILES string of the molecule is CN=C(NCCOc1ccc(C)cc1)NCC(=O)NCc1ccco1. The van der Waals surface area contributed by atoms with Gasteiger partial charge >= 0.3 is 0 Å². The molecule has 0 saturated carbocycles. The van der Waals surface area contributed by atoms with Gasteiger partial charge in [0, 0.05) is 7.05 Å². The highest BCUT2D eigenvalue weighted by molar-refractivity contribution is 5.86. The Bertz CT molecular complexity index is 666. The largest absolute Gasteiger partial charge is 0.492 e.